The van der Waals surface area contributed by atoms with Crippen molar-refractivity contribution < 1.29 is 4.74 Å². The SMILES string of the molecule is Nc1nsc(NCC2CCCO2)c1-c1ccccc1. The number of nitrogens with two attached hydrogens (primary N) is 1. The van der Waals surface area contributed by atoms with Crippen LogP contribution in [0.1, 0.15) is 12.8 Å². The lowest BCUT2D eigenvalue weighted by atomic mass is 10.1. The van der Waals surface area contributed by atoms with Gasteiger partial charge < -0.3 is 15.8 Å². The first-order chi connectivity index (χ1) is 9.34. The lowest BCUT2D eigenvalue weighted by Gasteiger charge is -2.11. The first-order valence-electron chi connectivity index (χ1n) is 6.50. The number of rotatable bonds is 4. The predicted octanol–water partition coefficient (Wildman–Crippen LogP) is 2.98. The average molecular weight is 275 g/mol. The highest BCUT2D eigenvalue weighted by Crippen LogP contribution is 2.36. The Morgan fingerprint density at radius 2 is 2.21 bits per heavy atom. The average Bonchev–Trinajstić information content (AvgIpc) is 3.07. The fourth-order valence-corrected chi connectivity index (χ4v) is 3.06. The number of nitrogens with zero attached hydrogens (tertiary/aromatic N) is 1. The zero-order valence-electron chi connectivity index (χ0n) is 10.6. The normalized spacial score (nSPS) is 18.6. The molecule has 1 unspecified atom stereocenters. The number of anilines is 2. The molecular formula is C14H17N3OS. The van der Waals surface area contributed by atoms with Crippen molar-refractivity contribution in [1.29, 1.82) is 0 Å². The van der Waals surface area contributed by atoms with Crippen LogP contribution < -0.4 is 11.1 Å². The van der Waals surface area contributed by atoms with E-state index in [0.29, 0.717) is 11.9 Å². The van der Waals surface area contributed by atoms with Crippen LogP contribution in [0, 0.1) is 0 Å². The third-order valence-electron chi connectivity index (χ3n) is 3.30. The summed E-state index contributed by atoms with van der Waals surface area (Å²) in [6, 6.07) is 10.1. The summed E-state index contributed by atoms with van der Waals surface area (Å²) < 4.78 is 9.87. The van der Waals surface area contributed by atoms with E-state index in [2.05, 4.69) is 21.8 Å². The highest BCUT2D eigenvalue weighted by atomic mass is 32.1. The summed E-state index contributed by atoms with van der Waals surface area (Å²) in [5, 5.41) is 4.45. The molecule has 1 aromatic heterocycles. The third kappa shape index (κ3) is 2.72. The van der Waals surface area contributed by atoms with Gasteiger partial charge in [0.15, 0.2) is 0 Å². The van der Waals surface area contributed by atoms with Crippen LogP contribution in [0.5, 0.6) is 0 Å². The van der Waals surface area contributed by atoms with Crippen LogP contribution in [0.4, 0.5) is 10.8 Å². The minimum atomic E-state index is 0.312. The number of hydrogen-bond acceptors (Lipinski definition) is 5. The number of aromatic nitrogens is 1. The van der Waals surface area contributed by atoms with E-state index in [9.17, 15) is 0 Å². The summed E-state index contributed by atoms with van der Waals surface area (Å²) in [7, 11) is 0. The van der Waals surface area contributed by atoms with Crippen LogP contribution in [-0.2, 0) is 4.74 Å². The van der Waals surface area contributed by atoms with Gasteiger partial charge in [-0.15, -0.1) is 0 Å². The van der Waals surface area contributed by atoms with Gasteiger partial charge in [0.05, 0.1) is 11.7 Å². The van der Waals surface area contributed by atoms with Gasteiger partial charge in [0.25, 0.3) is 0 Å². The number of nitrogen functional groups attached to an aromatic ring is 1. The first kappa shape index (κ1) is 12.4. The Labute approximate surface area is 116 Å². The standard InChI is InChI=1S/C14H17N3OS/c15-13-12(10-5-2-1-3-6-10)14(19-17-13)16-9-11-7-4-8-18-11/h1-3,5-6,11,16H,4,7-9H2,(H2,15,17). The molecule has 0 aliphatic carbocycles. The Bertz CT molecular complexity index is 535. The van der Waals surface area contributed by atoms with Crippen molar-refractivity contribution >= 4 is 22.4 Å². The summed E-state index contributed by atoms with van der Waals surface area (Å²) >= 11 is 1.41. The second-order valence-electron chi connectivity index (χ2n) is 4.65. The minimum absolute atomic E-state index is 0.312. The number of nitrogens with one attached hydrogen (secondary N) is 1. The highest BCUT2D eigenvalue weighted by molar-refractivity contribution is 7.11. The molecule has 1 aliphatic heterocycles. The molecule has 3 rings (SSSR count). The zero-order valence-corrected chi connectivity index (χ0v) is 11.5. The van der Waals surface area contributed by atoms with Crippen molar-refractivity contribution in [2.24, 2.45) is 0 Å². The highest BCUT2D eigenvalue weighted by Gasteiger charge is 2.18. The van der Waals surface area contributed by atoms with E-state index in [1.807, 2.05) is 18.2 Å². The van der Waals surface area contributed by atoms with Crippen LogP contribution in [0.2, 0.25) is 0 Å². The summed E-state index contributed by atoms with van der Waals surface area (Å²) in [5.74, 6) is 0.589. The Balaban J connectivity index is 1.78. The van der Waals surface area contributed by atoms with E-state index < -0.39 is 0 Å². The summed E-state index contributed by atoms with van der Waals surface area (Å²) in [6.07, 6.45) is 2.59. The van der Waals surface area contributed by atoms with Crippen LogP contribution >= 0.6 is 11.5 Å². The largest absolute Gasteiger partial charge is 0.382 e. The molecule has 1 aliphatic rings. The van der Waals surface area contributed by atoms with Gasteiger partial charge in [-0.1, -0.05) is 30.3 Å². The van der Waals surface area contributed by atoms with Crippen LogP contribution in [-0.4, -0.2) is 23.6 Å². The van der Waals surface area contributed by atoms with Crippen molar-refractivity contribution in [3.63, 3.8) is 0 Å². The van der Waals surface area contributed by atoms with Gasteiger partial charge in [0, 0.05) is 13.2 Å². The van der Waals surface area contributed by atoms with Gasteiger partial charge in [0.1, 0.15) is 10.8 Å². The molecule has 19 heavy (non-hydrogen) atoms. The van der Waals surface area contributed by atoms with Gasteiger partial charge in [-0.2, -0.15) is 4.37 Å². The van der Waals surface area contributed by atoms with Crippen molar-refractivity contribution in [2.45, 2.75) is 18.9 Å². The van der Waals surface area contributed by atoms with Gasteiger partial charge in [-0.25, -0.2) is 0 Å². The Kier molecular flexibility index (Phi) is 3.66. The quantitative estimate of drug-likeness (QED) is 0.900. The van der Waals surface area contributed by atoms with Gasteiger partial charge in [-0.3, -0.25) is 0 Å². The van der Waals surface area contributed by atoms with Crippen LogP contribution in [0.25, 0.3) is 11.1 Å². The second kappa shape index (κ2) is 5.59. The van der Waals surface area contributed by atoms with E-state index in [1.54, 1.807) is 0 Å². The molecule has 2 aromatic rings. The second-order valence-corrected chi connectivity index (χ2v) is 5.43. The molecule has 4 nitrogen and oxygen atoms in total. The monoisotopic (exact) mass is 275 g/mol. The number of benzene rings is 1. The van der Waals surface area contributed by atoms with E-state index >= 15 is 0 Å². The molecule has 0 amide bonds. The van der Waals surface area contributed by atoms with Gasteiger partial charge in [-0.05, 0) is 29.9 Å². The van der Waals surface area contributed by atoms with Crippen molar-refractivity contribution in [3.8, 4) is 11.1 Å². The van der Waals surface area contributed by atoms with E-state index in [-0.39, 0.29) is 0 Å². The molecule has 1 saturated heterocycles. The van der Waals surface area contributed by atoms with Crippen LogP contribution in [0.15, 0.2) is 30.3 Å². The molecule has 1 aromatic carbocycles. The predicted molar refractivity (Wildman–Crippen MR) is 79.4 cm³/mol. The molecule has 1 atom stereocenters. The van der Waals surface area contributed by atoms with Crippen molar-refractivity contribution in [1.82, 2.24) is 4.37 Å². The van der Waals surface area contributed by atoms with E-state index in [1.165, 1.54) is 11.5 Å². The van der Waals surface area contributed by atoms with E-state index in [4.69, 9.17) is 10.5 Å². The smallest absolute Gasteiger partial charge is 0.147 e. The van der Waals surface area contributed by atoms with Crippen molar-refractivity contribution in [3.05, 3.63) is 30.3 Å². The fourth-order valence-electron chi connectivity index (χ4n) is 2.32. The first-order valence-corrected chi connectivity index (χ1v) is 7.28. The molecule has 100 valence electrons. The molecular weight excluding hydrogens is 258 g/mol. The van der Waals surface area contributed by atoms with Gasteiger partial charge >= 0.3 is 0 Å². The Hall–Kier alpha value is -1.59. The summed E-state index contributed by atoms with van der Waals surface area (Å²) in [5.41, 5.74) is 8.09. The lowest BCUT2D eigenvalue weighted by molar-refractivity contribution is 0.120. The van der Waals surface area contributed by atoms with Gasteiger partial charge in [0.2, 0.25) is 0 Å². The summed E-state index contributed by atoms with van der Waals surface area (Å²) in [4.78, 5) is 0. The molecule has 3 N–H and O–H groups in total. The molecule has 5 heteroatoms. The number of hydrogen-bond donors (Lipinski definition) is 2. The maximum atomic E-state index is 5.99. The minimum Gasteiger partial charge on any atom is -0.382 e. The van der Waals surface area contributed by atoms with Crippen molar-refractivity contribution in [2.75, 3.05) is 24.2 Å². The third-order valence-corrected chi connectivity index (χ3v) is 4.11. The molecule has 2 heterocycles. The van der Waals surface area contributed by atoms with Crippen LogP contribution in [0.3, 0.4) is 0 Å². The lowest BCUT2D eigenvalue weighted by Crippen LogP contribution is -2.18. The molecule has 0 radical (unpaired) electrons. The molecule has 0 spiro atoms. The fraction of sp³-hybridized carbons (Fsp3) is 0.357. The Morgan fingerprint density at radius 3 is 2.95 bits per heavy atom. The number of ether oxygens (including phenoxy) is 1. The maximum absolute atomic E-state index is 5.99. The molecule has 0 bridgehead atoms. The zero-order chi connectivity index (χ0) is 13.1. The Morgan fingerprint density at radius 1 is 1.37 bits per heavy atom. The maximum Gasteiger partial charge on any atom is 0.147 e. The topological polar surface area (TPSA) is 60.2 Å². The molecule has 0 saturated carbocycles. The summed E-state index contributed by atoms with van der Waals surface area (Å²) in [6.45, 7) is 1.70. The molecule has 1 fully saturated rings. The van der Waals surface area contributed by atoms with E-state index in [0.717, 1.165) is 42.1 Å².